The highest BCUT2D eigenvalue weighted by Gasteiger charge is 2.16. The van der Waals surface area contributed by atoms with Crippen LogP contribution in [0.1, 0.15) is 24.9 Å². The number of sulfonamides is 1. The zero-order valence-corrected chi connectivity index (χ0v) is 18.7. The average molecular weight is 437 g/mol. The molecule has 30 heavy (non-hydrogen) atoms. The summed E-state index contributed by atoms with van der Waals surface area (Å²) in [5.74, 6) is 1.41. The summed E-state index contributed by atoms with van der Waals surface area (Å²) in [6, 6.07) is 11.8. The Morgan fingerprint density at radius 3 is 2.23 bits per heavy atom. The predicted octanol–water partition coefficient (Wildman–Crippen LogP) is 2.75. The second-order valence-corrected chi connectivity index (χ2v) is 8.67. The Bertz CT molecular complexity index is 960. The summed E-state index contributed by atoms with van der Waals surface area (Å²) >= 11 is 0. The van der Waals surface area contributed by atoms with Crippen LogP contribution in [-0.4, -0.2) is 48.5 Å². The van der Waals surface area contributed by atoms with Crippen LogP contribution < -0.4 is 23.8 Å². The first-order valence-electron chi connectivity index (χ1n) is 9.37. The van der Waals surface area contributed by atoms with E-state index in [1.807, 2.05) is 19.1 Å². The maximum atomic E-state index is 12.4. The van der Waals surface area contributed by atoms with Gasteiger partial charge in [0, 0.05) is 7.05 Å². The second-order valence-electron chi connectivity index (χ2n) is 6.66. The van der Waals surface area contributed by atoms with Gasteiger partial charge in [-0.1, -0.05) is 13.0 Å². The van der Waals surface area contributed by atoms with Gasteiger partial charge < -0.3 is 19.5 Å². The van der Waals surface area contributed by atoms with E-state index in [0.717, 1.165) is 11.8 Å². The topological polar surface area (TPSA) is 94.2 Å². The monoisotopic (exact) mass is 436 g/mol. The molecule has 1 atom stereocenters. The van der Waals surface area contributed by atoms with Gasteiger partial charge in [0.2, 0.25) is 10.0 Å². The lowest BCUT2D eigenvalue weighted by molar-refractivity contribution is -0.123. The Labute approximate surface area is 177 Å². The Kier molecular flexibility index (Phi) is 7.93. The standard InChI is InChI=1S/C21H28N2O6S/c1-6-18(15-7-12-19(27-3)20(13-15)28-4)22-21(24)14-29-17-10-8-16(9-11-17)23(2)30(5,25)26/h7-13,18H,6,14H2,1-5H3,(H,22,24). The molecule has 0 heterocycles. The van der Waals surface area contributed by atoms with Crippen molar-refractivity contribution >= 4 is 21.6 Å². The van der Waals surface area contributed by atoms with Gasteiger partial charge in [0.1, 0.15) is 5.75 Å². The van der Waals surface area contributed by atoms with E-state index in [4.69, 9.17) is 14.2 Å². The molecule has 9 heteroatoms. The number of anilines is 1. The van der Waals surface area contributed by atoms with Crippen LogP contribution in [0.15, 0.2) is 42.5 Å². The molecule has 0 aliphatic rings. The summed E-state index contributed by atoms with van der Waals surface area (Å²) in [6.45, 7) is 1.81. The van der Waals surface area contributed by atoms with Crippen LogP contribution in [-0.2, 0) is 14.8 Å². The molecule has 0 radical (unpaired) electrons. The summed E-state index contributed by atoms with van der Waals surface area (Å²) in [7, 11) is 1.27. The molecule has 0 spiro atoms. The van der Waals surface area contributed by atoms with Crippen molar-refractivity contribution in [3.05, 3.63) is 48.0 Å². The van der Waals surface area contributed by atoms with Crippen molar-refractivity contribution in [1.29, 1.82) is 0 Å². The molecule has 8 nitrogen and oxygen atoms in total. The number of carbonyl (C=O) groups excluding carboxylic acids is 1. The van der Waals surface area contributed by atoms with Gasteiger partial charge in [-0.2, -0.15) is 0 Å². The summed E-state index contributed by atoms with van der Waals surface area (Å²) in [4.78, 5) is 12.4. The molecule has 0 bridgehead atoms. The van der Waals surface area contributed by atoms with Crippen LogP contribution in [0, 0.1) is 0 Å². The molecule has 0 aliphatic heterocycles. The zero-order valence-electron chi connectivity index (χ0n) is 17.8. The summed E-state index contributed by atoms with van der Waals surface area (Å²) < 4.78 is 40.4. The lowest BCUT2D eigenvalue weighted by Gasteiger charge is -2.19. The molecule has 1 amide bonds. The number of hydrogen-bond acceptors (Lipinski definition) is 6. The Balaban J connectivity index is 1.98. The van der Waals surface area contributed by atoms with Crippen LogP contribution in [0.4, 0.5) is 5.69 Å². The molecule has 1 unspecified atom stereocenters. The van der Waals surface area contributed by atoms with E-state index in [9.17, 15) is 13.2 Å². The first-order chi connectivity index (χ1) is 14.2. The van der Waals surface area contributed by atoms with Crippen molar-refractivity contribution in [2.75, 3.05) is 38.4 Å². The van der Waals surface area contributed by atoms with Gasteiger partial charge in [0.25, 0.3) is 5.91 Å². The smallest absolute Gasteiger partial charge is 0.258 e. The van der Waals surface area contributed by atoms with Crippen molar-refractivity contribution in [3.8, 4) is 17.2 Å². The quantitative estimate of drug-likeness (QED) is 0.616. The highest BCUT2D eigenvalue weighted by molar-refractivity contribution is 7.92. The molecule has 2 aromatic rings. The van der Waals surface area contributed by atoms with E-state index < -0.39 is 10.0 Å². The molecule has 1 N–H and O–H groups in total. The number of benzene rings is 2. The number of ether oxygens (including phenoxy) is 3. The Morgan fingerprint density at radius 2 is 1.70 bits per heavy atom. The van der Waals surface area contributed by atoms with Gasteiger partial charge >= 0.3 is 0 Å². The molecule has 0 saturated carbocycles. The first-order valence-corrected chi connectivity index (χ1v) is 11.2. The molecule has 2 rings (SSSR count). The first kappa shape index (κ1) is 23.3. The molecule has 0 aromatic heterocycles. The number of methoxy groups -OCH3 is 2. The molecule has 0 aliphatic carbocycles. The third-order valence-electron chi connectivity index (χ3n) is 4.62. The number of hydrogen-bond donors (Lipinski definition) is 1. The van der Waals surface area contributed by atoms with E-state index in [1.165, 1.54) is 11.4 Å². The van der Waals surface area contributed by atoms with Gasteiger partial charge in [-0.15, -0.1) is 0 Å². The van der Waals surface area contributed by atoms with Crippen molar-refractivity contribution in [1.82, 2.24) is 5.32 Å². The normalized spacial score (nSPS) is 12.0. The second kappa shape index (κ2) is 10.2. The van der Waals surface area contributed by atoms with Gasteiger partial charge in [-0.05, 0) is 48.4 Å². The maximum Gasteiger partial charge on any atom is 0.258 e. The summed E-state index contributed by atoms with van der Waals surface area (Å²) in [5, 5.41) is 2.94. The van der Waals surface area contributed by atoms with Gasteiger partial charge in [-0.25, -0.2) is 8.42 Å². The molecule has 164 valence electrons. The van der Waals surface area contributed by atoms with Crippen LogP contribution in [0.25, 0.3) is 0 Å². The minimum absolute atomic E-state index is 0.162. The fourth-order valence-corrected chi connectivity index (χ4v) is 3.32. The van der Waals surface area contributed by atoms with E-state index in [-0.39, 0.29) is 18.6 Å². The number of carbonyl (C=O) groups is 1. The van der Waals surface area contributed by atoms with E-state index in [2.05, 4.69) is 5.32 Å². The number of nitrogens with one attached hydrogen (secondary N) is 1. The van der Waals surface area contributed by atoms with E-state index in [0.29, 0.717) is 29.4 Å². The lowest BCUT2D eigenvalue weighted by Crippen LogP contribution is -2.32. The molecule has 2 aromatic carbocycles. The third-order valence-corrected chi connectivity index (χ3v) is 5.83. The largest absolute Gasteiger partial charge is 0.493 e. The molecular weight excluding hydrogens is 408 g/mol. The lowest BCUT2D eigenvalue weighted by atomic mass is 10.0. The molecule has 0 saturated heterocycles. The van der Waals surface area contributed by atoms with Crippen LogP contribution >= 0.6 is 0 Å². The fourth-order valence-electron chi connectivity index (χ4n) is 2.82. The van der Waals surface area contributed by atoms with Crippen molar-refractivity contribution in [2.24, 2.45) is 0 Å². The van der Waals surface area contributed by atoms with Crippen LogP contribution in [0.5, 0.6) is 17.2 Å². The minimum atomic E-state index is -3.34. The Morgan fingerprint density at radius 1 is 1.07 bits per heavy atom. The van der Waals surface area contributed by atoms with Gasteiger partial charge in [-0.3, -0.25) is 9.10 Å². The van der Waals surface area contributed by atoms with Gasteiger partial charge in [0.05, 0.1) is 32.2 Å². The third kappa shape index (κ3) is 6.03. The zero-order chi connectivity index (χ0) is 22.3. The SMILES string of the molecule is CCC(NC(=O)COc1ccc(N(C)S(C)(=O)=O)cc1)c1ccc(OC)c(OC)c1. The van der Waals surface area contributed by atoms with E-state index in [1.54, 1.807) is 44.6 Å². The van der Waals surface area contributed by atoms with Crippen LogP contribution in [0.2, 0.25) is 0 Å². The van der Waals surface area contributed by atoms with Gasteiger partial charge in [0.15, 0.2) is 18.1 Å². The van der Waals surface area contributed by atoms with Crippen LogP contribution in [0.3, 0.4) is 0 Å². The molecule has 0 fully saturated rings. The highest BCUT2D eigenvalue weighted by Crippen LogP contribution is 2.30. The minimum Gasteiger partial charge on any atom is -0.493 e. The summed E-state index contributed by atoms with van der Waals surface area (Å²) in [6.07, 6.45) is 1.82. The van der Waals surface area contributed by atoms with E-state index >= 15 is 0 Å². The van der Waals surface area contributed by atoms with Crippen molar-refractivity contribution in [3.63, 3.8) is 0 Å². The molecular formula is C21H28N2O6S. The van der Waals surface area contributed by atoms with Crippen molar-refractivity contribution < 1.29 is 27.4 Å². The maximum absolute atomic E-state index is 12.4. The highest BCUT2D eigenvalue weighted by atomic mass is 32.2. The van der Waals surface area contributed by atoms with Crippen molar-refractivity contribution in [2.45, 2.75) is 19.4 Å². The number of rotatable bonds is 10. The predicted molar refractivity (Wildman–Crippen MR) is 116 cm³/mol. The number of nitrogens with zero attached hydrogens (tertiary/aromatic N) is 1. The summed E-state index contributed by atoms with van der Waals surface area (Å²) in [5.41, 5.74) is 1.41. The average Bonchev–Trinajstić information content (AvgIpc) is 2.74. The number of amides is 1. The fraction of sp³-hybridized carbons (Fsp3) is 0.381. The Hall–Kier alpha value is -2.94.